The molecular formula is C28H39N2S+. The summed E-state index contributed by atoms with van der Waals surface area (Å²) in [5, 5.41) is 2.16. The van der Waals surface area contributed by atoms with Gasteiger partial charge < -0.3 is 4.90 Å². The predicted molar refractivity (Wildman–Crippen MR) is 137 cm³/mol. The Bertz CT molecular complexity index is 872. The molecule has 3 rings (SSSR count). The Kier molecular flexibility index (Phi) is 9.61. The molecule has 0 fully saturated rings. The molecule has 1 aromatic carbocycles. The van der Waals surface area contributed by atoms with Crippen LogP contribution in [0, 0.1) is 0 Å². The monoisotopic (exact) mass is 435 g/mol. The van der Waals surface area contributed by atoms with Crippen molar-refractivity contribution in [2.75, 3.05) is 18.0 Å². The normalized spacial score (nSPS) is 11.1. The first-order chi connectivity index (χ1) is 15.2. The van der Waals surface area contributed by atoms with Crippen molar-refractivity contribution in [1.29, 1.82) is 0 Å². The third-order valence-electron chi connectivity index (χ3n) is 5.99. The van der Waals surface area contributed by atoms with Crippen molar-refractivity contribution in [1.82, 2.24) is 0 Å². The number of thiophene rings is 1. The highest BCUT2D eigenvalue weighted by atomic mass is 32.1. The van der Waals surface area contributed by atoms with Gasteiger partial charge in [0.05, 0.1) is 5.56 Å². The van der Waals surface area contributed by atoms with Gasteiger partial charge in [0.2, 0.25) is 0 Å². The largest absolute Gasteiger partial charge is 0.372 e. The van der Waals surface area contributed by atoms with E-state index in [1.165, 1.54) is 91.7 Å². The highest BCUT2D eigenvalue weighted by Crippen LogP contribution is 2.34. The fourth-order valence-corrected chi connectivity index (χ4v) is 4.92. The summed E-state index contributed by atoms with van der Waals surface area (Å²) >= 11 is 1.81. The van der Waals surface area contributed by atoms with E-state index in [9.17, 15) is 0 Å². The molecule has 3 heteroatoms. The number of rotatable bonds is 13. The van der Waals surface area contributed by atoms with Gasteiger partial charge in [-0.05, 0) is 42.0 Å². The Balaban J connectivity index is 1.78. The molecule has 0 bridgehead atoms. The number of anilines is 1. The second-order valence-corrected chi connectivity index (χ2v) is 9.52. The van der Waals surface area contributed by atoms with Gasteiger partial charge in [0.25, 0.3) is 0 Å². The number of nitrogens with zero attached hydrogens (tertiary/aromatic N) is 2. The van der Waals surface area contributed by atoms with E-state index in [4.69, 9.17) is 0 Å². The highest BCUT2D eigenvalue weighted by Gasteiger charge is 2.13. The van der Waals surface area contributed by atoms with Gasteiger partial charge in [0.15, 0.2) is 12.4 Å². The summed E-state index contributed by atoms with van der Waals surface area (Å²) in [6, 6.07) is 15.9. The van der Waals surface area contributed by atoms with E-state index in [0.29, 0.717) is 0 Å². The van der Waals surface area contributed by atoms with Gasteiger partial charge in [-0.2, -0.15) is 0 Å². The predicted octanol–water partition coefficient (Wildman–Crippen LogP) is 7.87. The topological polar surface area (TPSA) is 7.12 Å². The van der Waals surface area contributed by atoms with Crippen molar-refractivity contribution in [2.45, 2.75) is 65.2 Å². The van der Waals surface area contributed by atoms with Crippen molar-refractivity contribution in [3.05, 3.63) is 60.2 Å². The van der Waals surface area contributed by atoms with Gasteiger partial charge in [-0.1, -0.05) is 70.6 Å². The summed E-state index contributed by atoms with van der Waals surface area (Å²) in [5.41, 5.74) is 5.28. The van der Waals surface area contributed by atoms with Crippen LogP contribution in [-0.4, -0.2) is 13.1 Å². The van der Waals surface area contributed by atoms with Gasteiger partial charge in [-0.25, -0.2) is 4.57 Å². The standard InChI is InChI=1S/C28H39N2S/c1-4-6-8-10-19-30(20-11-9-7-5-2)25-16-14-24(15-17-25)27-23-29(3)21-18-26(27)28-13-12-22-31-28/h12-18,21-23H,4-11,19-20H2,1-3H3/q+1. The first-order valence-electron chi connectivity index (χ1n) is 12.1. The zero-order valence-electron chi connectivity index (χ0n) is 19.6. The average Bonchev–Trinajstić information content (AvgIpc) is 3.33. The quantitative estimate of drug-likeness (QED) is 0.196. The molecule has 3 aromatic rings. The van der Waals surface area contributed by atoms with Crippen LogP contribution in [0.3, 0.4) is 0 Å². The van der Waals surface area contributed by atoms with Gasteiger partial charge in [0.1, 0.15) is 7.05 Å². The lowest BCUT2D eigenvalue weighted by Crippen LogP contribution is -2.26. The molecule has 0 atom stereocenters. The Morgan fingerprint density at radius 1 is 0.774 bits per heavy atom. The van der Waals surface area contributed by atoms with Gasteiger partial charge >= 0.3 is 0 Å². The highest BCUT2D eigenvalue weighted by molar-refractivity contribution is 7.13. The van der Waals surface area contributed by atoms with E-state index < -0.39 is 0 Å². The first kappa shape index (κ1) is 23.5. The van der Waals surface area contributed by atoms with Gasteiger partial charge in [-0.3, -0.25) is 0 Å². The molecule has 0 N–H and O–H groups in total. The number of hydrogen-bond donors (Lipinski definition) is 0. The minimum atomic E-state index is 1.17. The molecule has 0 aliphatic heterocycles. The van der Waals surface area contributed by atoms with Crippen LogP contribution in [0.4, 0.5) is 5.69 Å². The molecule has 166 valence electrons. The number of benzene rings is 1. The van der Waals surface area contributed by atoms with E-state index >= 15 is 0 Å². The summed E-state index contributed by atoms with van der Waals surface area (Å²) in [5.74, 6) is 0. The van der Waals surface area contributed by atoms with Crippen LogP contribution < -0.4 is 9.47 Å². The fourth-order valence-electron chi connectivity index (χ4n) is 4.16. The second kappa shape index (κ2) is 12.7. The molecule has 2 aromatic heterocycles. The second-order valence-electron chi connectivity index (χ2n) is 8.57. The Hall–Kier alpha value is -2.13. The molecule has 0 saturated carbocycles. The van der Waals surface area contributed by atoms with E-state index in [1.807, 2.05) is 11.3 Å². The van der Waals surface area contributed by atoms with Crippen LogP contribution in [0.15, 0.2) is 60.2 Å². The fraction of sp³-hybridized carbons (Fsp3) is 0.464. The average molecular weight is 436 g/mol. The van der Waals surface area contributed by atoms with Gasteiger partial charge in [-0.15, -0.1) is 11.3 Å². The number of aromatic nitrogens is 1. The third kappa shape index (κ3) is 6.93. The summed E-state index contributed by atoms with van der Waals surface area (Å²) in [6.45, 7) is 6.92. The maximum atomic E-state index is 2.61. The summed E-state index contributed by atoms with van der Waals surface area (Å²) in [4.78, 5) is 3.94. The smallest absolute Gasteiger partial charge is 0.177 e. The van der Waals surface area contributed by atoms with Crippen molar-refractivity contribution in [3.63, 3.8) is 0 Å². The molecule has 0 radical (unpaired) electrons. The van der Waals surface area contributed by atoms with Crippen LogP contribution in [0.25, 0.3) is 21.6 Å². The minimum absolute atomic E-state index is 1.17. The lowest BCUT2D eigenvalue weighted by atomic mass is 10.0. The molecule has 0 aliphatic carbocycles. The van der Waals surface area contributed by atoms with Crippen LogP contribution in [-0.2, 0) is 7.05 Å². The first-order valence-corrected chi connectivity index (χ1v) is 13.0. The van der Waals surface area contributed by atoms with E-state index in [0.717, 1.165) is 0 Å². The molecule has 2 nitrogen and oxygen atoms in total. The number of aryl methyl sites for hydroxylation is 1. The van der Waals surface area contributed by atoms with Crippen molar-refractivity contribution < 1.29 is 4.57 Å². The minimum Gasteiger partial charge on any atom is -0.372 e. The number of unbranched alkanes of at least 4 members (excludes halogenated alkanes) is 6. The summed E-state index contributed by atoms with van der Waals surface area (Å²) in [7, 11) is 2.10. The molecule has 2 heterocycles. The molecule has 31 heavy (non-hydrogen) atoms. The van der Waals surface area contributed by atoms with Crippen LogP contribution >= 0.6 is 11.3 Å². The van der Waals surface area contributed by atoms with Crippen molar-refractivity contribution >= 4 is 17.0 Å². The zero-order valence-corrected chi connectivity index (χ0v) is 20.5. The Morgan fingerprint density at radius 3 is 2.03 bits per heavy atom. The molecule has 0 spiro atoms. The molecule has 0 aliphatic rings. The summed E-state index contributed by atoms with van der Waals surface area (Å²) in [6.07, 6.45) is 14.9. The van der Waals surface area contributed by atoms with E-state index in [2.05, 4.69) is 90.6 Å². The SMILES string of the molecule is CCCCCCN(CCCCCC)c1ccc(-c2c[n+](C)ccc2-c2cccs2)cc1. The molecule has 0 unspecified atom stereocenters. The lowest BCUT2D eigenvalue weighted by molar-refractivity contribution is -0.670. The summed E-state index contributed by atoms with van der Waals surface area (Å²) < 4.78 is 2.15. The van der Waals surface area contributed by atoms with Crippen LogP contribution in [0.1, 0.15) is 65.2 Å². The number of hydrogen-bond acceptors (Lipinski definition) is 2. The van der Waals surface area contributed by atoms with Crippen LogP contribution in [0.5, 0.6) is 0 Å². The van der Waals surface area contributed by atoms with Crippen LogP contribution in [0.2, 0.25) is 0 Å². The molecule has 0 saturated heterocycles. The lowest BCUT2D eigenvalue weighted by Gasteiger charge is -2.25. The van der Waals surface area contributed by atoms with Crippen molar-refractivity contribution in [3.8, 4) is 21.6 Å². The van der Waals surface area contributed by atoms with Gasteiger partial charge in [0, 0.05) is 35.3 Å². The molecular weight excluding hydrogens is 396 g/mol. The Morgan fingerprint density at radius 2 is 1.45 bits per heavy atom. The molecule has 0 amide bonds. The van der Waals surface area contributed by atoms with E-state index in [-0.39, 0.29) is 0 Å². The van der Waals surface area contributed by atoms with E-state index in [1.54, 1.807) is 0 Å². The zero-order chi connectivity index (χ0) is 21.9. The maximum Gasteiger partial charge on any atom is 0.177 e. The maximum absolute atomic E-state index is 2.61. The van der Waals surface area contributed by atoms with Crippen molar-refractivity contribution in [2.24, 2.45) is 7.05 Å². The number of pyridine rings is 1. The third-order valence-corrected chi connectivity index (χ3v) is 6.90. The Labute approximate surface area is 193 Å².